The minimum atomic E-state index is -0.435. The van der Waals surface area contributed by atoms with Gasteiger partial charge >= 0.3 is 5.97 Å². The van der Waals surface area contributed by atoms with E-state index in [2.05, 4.69) is 32.3 Å². The first-order valence-corrected chi connectivity index (χ1v) is 8.65. The minimum Gasteiger partial charge on any atom is -0.464 e. The Morgan fingerprint density at radius 2 is 2.29 bits per heavy atom. The number of halogens is 1. The highest BCUT2D eigenvalue weighted by Gasteiger charge is 2.13. The Morgan fingerprint density at radius 1 is 1.42 bits per heavy atom. The van der Waals surface area contributed by atoms with Crippen molar-refractivity contribution in [2.75, 3.05) is 32.2 Å². The Kier molecular flexibility index (Phi) is 5.48. The van der Waals surface area contributed by atoms with Crippen LogP contribution in [0.4, 0.5) is 5.69 Å². The first-order valence-electron chi connectivity index (χ1n) is 7.85. The van der Waals surface area contributed by atoms with E-state index in [4.69, 9.17) is 9.47 Å². The monoisotopic (exact) mass is 390 g/mol. The van der Waals surface area contributed by atoms with Gasteiger partial charge in [0.15, 0.2) is 5.69 Å². The molecule has 0 amide bonds. The van der Waals surface area contributed by atoms with Crippen LogP contribution >= 0.6 is 15.9 Å². The Morgan fingerprint density at radius 3 is 3.04 bits per heavy atom. The van der Waals surface area contributed by atoms with E-state index >= 15 is 0 Å². The quantitative estimate of drug-likeness (QED) is 0.618. The van der Waals surface area contributed by atoms with Crippen LogP contribution in [-0.4, -0.2) is 37.8 Å². The lowest BCUT2D eigenvalue weighted by molar-refractivity contribution is 0.0594. The number of ether oxygens (including phenoxy) is 2. The van der Waals surface area contributed by atoms with Gasteiger partial charge in [-0.2, -0.15) is 0 Å². The molecule has 0 aliphatic carbocycles. The summed E-state index contributed by atoms with van der Waals surface area (Å²) in [5.74, 6) is -0.435. The van der Waals surface area contributed by atoms with Crippen molar-refractivity contribution in [1.82, 2.24) is 4.98 Å². The van der Waals surface area contributed by atoms with Gasteiger partial charge in [-0.25, -0.2) is 9.78 Å². The highest BCUT2D eigenvalue weighted by molar-refractivity contribution is 9.10. The van der Waals surface area contributed by atoms with Gasteiger partial charge in [-0.05, 0) is 37.1 Å². The molecule has 1 aliphatic heterocycles. The highest BCUT2D eigenvalue weighted by atomic mass is 79.9. The van der Waals surface area contributed by atoms with E-state index in [9.17, 15) is 4.79 Å². The second-order valence-electron chi connectivity index (χ2n) is 5.57. The summed E-state index contributed by atoms with van der Waals surface area (Å²) in [6.07, 6.45) is 4.08. The molecule has 126 valence electrons. The average molecular weight is 391 g/mol. The third-order valence-electron chi connectivity index (χ3n) is 3.98. The van der Waals surface area contributed by atoms with Crippen LogP contribution in [0.1, 0.15) is 23.3 Å². The third kappa shape index (κ3) is 3.94. The summed E-state index contributed by atoms with van der Waals surface area (Å²) in [5, 5.41) is 4.40. The van der Waals surface area contributed by atoms with Crippen LogP contribution in [-0.2, 0) is 9.47 Å². The SMILES string of the molecule is COC(=O)c1cc(NCCC2=CCOCC2)c2cc(Br)ccc2n1. The molecule has 1 aromatic carbocycles. The molecule has 1 aliphatic rings. The van der Waals surface area contributed by atoms with Crippen molar-refractivity contribution >= 4 is 38.5 Å². The number of rotatable bonds is 5. The van der Waals surface area contributed by atoms with Crippen molar-refractivity contribution in [3.8, 4) is 0 Å². The van der Waals surface area contributed by atoms with E-state index in [1.165, 1.54) is 12.7 Å². The fourth-order valence-electron chi connectivity index (χ4n) is 2.70. The van der Waals surface area contributed by atoms with E-state index < -0.39 is 5.97 Å². The minimum absolute atomic E-state index is 0.306. The van der Waals surface area contributed by atoms with Crippen molar-refractivity contribution in [2.24, 2.45) is 0 Å². The molecule has 0 bridgehead atoms. The van der Waals surface area contributed by atoms with Crippen molar-refractivity contribution < 1.29 is 14.3 Å². The fraction of sp³-hybridized carbons (Fsp3) is 0.333. The Balaban J connectivity index is 1.84. The second-order valence-corrected chi connectivity index (χ2v) is 6.49. The Bertz CT molecular complexity index is 789. The zero-order chi connectivity index (χ0) is 16.9. The predicted molar refractivity (Wildman–Crippen MR) is 97.4 cm³/mol. The molecule has 1 aromatic heterocycles. The van der Waals surface area contributed by atoms with Crippen LogP contribution in [0.15, 0.2) is 40.4 Å². The van der Waals surface area contributed by atoms with Gasteiger partial charge in [0.25, 0.3) is 0 Å². The first kappa shape index (κ1) is 16.9. The number of hydrogen-bond donors (Lipinski definition) is 1. The van der Waals surface area contributed by atoms with E-state index in [1.54, 1.807) is 6.07 Å². The number of pyridine rings is 1. The predicted octanol–water partition coefficient (Wildman–Crippen LogP) is 3.93. The zero-order valence-corrected chi connectivity index (χ0v) is 15.1. The van der Waals surface area contributed by atoms with Crippen LogP contribution in [0.5, 0.6) is 0 Å². The molecule has 0 spiro atoms. The molecule has 0 fully saturated rings. The molecule has 1 N–H and O–H groups in total. The second kappa shape index (κ2) is 7.77. The number of anilines is 1. The van der Waals surface area contributed by atoms with Crippen LogP contribution < -0.4 is 5.32 Å². The number of esters is 1. The van der Waals surface area contributed by atoms with Gasteiger partial charge in [0.1, 0.15) is 0 Å². The maximum Gasteiger partial charge on any atom is 0.356 e. The molecule has 5 nitrogen and oxygen atoms in total. The van der Waals surface area contributed by atoms with E-state index in [0.29, 0.717) is 12.3 Å². The number of fused-ring (bicyclic) bond motifs is 1. The highest BCUT2D eigenvalue weighted by Crippen LogP contribution is 2.27. The molecule has 0 saturated heterocycles. The number of nitrogens with zero attached hydrogens (tertiary/aromatic N) is 1. The van der Waals surface area contributed by atoms with Crippen molar-refractivity contribution in [3.05, 3.63) is 46.1 Å². The van der Waals surface area contributed by atoms with E-state index in [-0.39, 0.29) is 0 Å². The molecule has 2 heterocycles. The van der Waals surface area contributed by atoms with Crippen LogP contribution in [0, 0.1) is 0 Å². The number of methoxy groups -OCH3 is 1. The third-order valence-corrected chi connectivity index (χ3v) is 4.48. The van der Waals surface area contributed by atoms with E-state index in [0.717, 1.165) is 47.1 Å². The van der Waals surface area contributed by atoms with Crippen LogP contribution in [0.25, 0.3) is 10.9 Å². The summed E-state index contributed by atoms with van der Waals surface area (Å²) >= 11 is 3.49. The molecule has 0 saturated carbocycles. The van der Waals surface area contributed by atoms with Gasteiger partial charge in [0.05, 0.1) is 25.8 Å². The lowest BCUT2D eigenvalue weighted by Crippen LogP contribution is -2.10. The van der Waals surface area contributed by atoms with E-state index in [1.807, 2.05) is 18.2 Å². The molecule has 2 aromatic rings. The molecule has 0 unspecified atom stereocenters. The largest absolute Gasteiger partial charge is 0.464 e. The number of benzene rings is 1. The molecule has 6 heteroatoms. The summed E-state index contributed by atoms with van der Waals surface area (Å²) in [6, 6.07) is 7.55. The molecule has 0 atom stereocenters. The van der Waals surface area contributed by atoms with Gasteiger partial charge in [-0.1, -0.05) is 27.6 Å². The van der Waals surface area contributed by atoms with Crippen molar-refractivity contribution in [1.29, 1.82) is 0 Å². The number of carbonyl (C=O) groups excluding carboxylic acids is 1. The normalized spacial score (nSPS) is 14.3. The lowest BCUT2D eigenvalue weighted by Gasteiger charge is -2.15. The smallest absolute Gasteiger partial charge is 0.356 e. The topological polar surface area (TPSA) is 60.5 Å². The maximum atomic E-state index is 11.9. The van der Waals surface area contributed by atoms with Gasteiger partial charge in [0, 0.05) is 22.1 Å². The van der Waals surface area contributed by atoms with Gasteiger partial charge < -0.3 is 14.8 Å². The van der Waals surface area contributed by atoms with Crippen LogP contribution in [0.2, 0.25) is 0 Å². The molecule has 3 rings (SSSR count). The number of nitrogens with one attached hydrogen (secondary N) is 1. The molecular weight excluding hydrogens is 372 g/mol. The van der Waals surface area contributed by atoms with Gasteiger partial charge in [-0.15, -0.1) is 0 Å². The molecule has 24 heavy (non-hydrogen) atoms. The van der Waals surface area contributed by atoms with Crippen molar-refractivity contribution in [3.63, 3.8) is 0 Å². The summed E-state index contributed by atoms with van der Waals surface area (Å²) in [7, 11) is 1.36. The maximum absolute atomic E-state index is 11.9. The van der Waals surface area contributed by atoms with Gasteiger partial charge in [-0.3, -0.25) is 0 Å². The van der Waals surface area contributed by atoms with Crippen LogP contribution in [0.3, 0.4) is 0 Å². The number of carbonyl (C=O) groups is 1. The number of aromatic nitrogens is 1. The fourth-order valence-corrected chi connectivity index (χ4v) is 3.06. The average Bonchev–Trinajstić information content (AvgIpc) is 2.62. The van der Waals surface area contributed by atoms with Crippen molar-refractivity contribution in [2.45, 2.75) is 12.8 Å². The Hall–Kier alpha value is -1.92. The summed E-state index contributed by atoms with van der Waals surface area (Å²) < 4.78 is 11.1. The van der Waals surface area contributed by atoms with Gasteiger partial charge in [0.2, 0.25) is 0 Å². The zero-order valence-electron chi connectivity index (χ0n) is 13.5. The summed E-state index contributed by atoms with van der Waals surface area (Å²) in [4.78, 5) is 16.2. The standard InChI is InChI=1S/C18H19BrN2O3/c1-23-18(22)17-11-16(14-10-13(19)2-3-15(14)21-17)20-7-4-12-5-8-24-9-6-12/h2-3,5,10-11H,4,6-9H2,1H3,(H,20,21). The first-order chi connectivity index (χ1) is 11.7. The Labute approximate surface area is 149 Å². The molecular formula is C18H19BrN2O3. The molecule has 0 radical (unpaired) electrons. The summed E-state index contributed by atoms with van der Waals surface area (Å²) in [5.41, 5.74) is 3.35. The summed E-state index contributed by atoms with van der Waals surface area (Å²) in [6.45, 7) is 2.29. The number of hydrogen-bond acceptors (Lipinski definition) is 5. The lowest BCUT2D eigenvalue weighted by atomic mass is 10.1.